The lowest BCUT2D eigenvalue weighted by Gasteiger charge is -2.09. The number of aliphatic hydroxyl groups excluding tert-OH is 1. The lowest BCUT2D eigenvalue weighted by atomic mass is 10.0. The van der Waals surface area contributed by atoms with Crippen LogP contribution in [-0.4, -0.2) is 17.8 Å². The largest absolute Gasteiger partial charge is 0.392 e. The Morgan fingerprint density at radius 2 is 2.30 bits per heavy atom. The van der Waals surface area contributed by atoms with Crippen molar-refractivity contribution in [2.75, 3.05) is 6.54 Å². The smallest absolute Gasteiger partial charge is 0.0690 e. The molecule has 0 aromatic carbocycles. The Hall–Kier alpha value is -0.590. The molecule has 10 heavy (non-hydrogen) atoms. The molecule has 3 N–H and O–H groups in total. The van der Waals surface area contributed by atoms with Crippen LogP contribution in [-0.2, 0) is 0 Å². The Kier molecular flexibility index (Phi) is 1.93. The first kappa shape index (κ1) is 7.52. The fraction of sp³-hybridized carbons (Fsp3) is 0.857. The second-order valence-corrected chi connectivity index (χ2v) is 2.99. The predicted molar refractivity (Wildman–Crippen MR) is 37.0 cm³/mol. The van der Waals surface area contributed by atoms with E-state index in [1.165, 1.54) is 0 Å². The minimum Gasteiger partial charge on any atom is -0.392 e. The molecule has 0 heterocycles. The van der Waals surface area contributed by atoms with E-state index in [0.29, 0.717) is 6.42 Å². The predicted octanol–water partition coefficient (Wildman–Crippen LogP) is -0.000120. The van der Waals surface area contributed by atoms with Gasteiger partial charge in [-0.05, 0) is 19.3 Å². The third-order valence-corrected chi connectivity index (χ3v) is 1.99. The fourth-order valence-corrected chi connectivity index (χ4v) is 1.05. The molecular formula is C7H12N2O. The fourth-order valence-electron chi connectivity index (χ4n) is 1.05. The quantitative estimate of drug-likeness (QED) is 0.579. The van der Waals surface area contributed by atoms with Gasteiger partial charge in [0.15, 0.2) is 0 Å². The lowest BCUT2D eigenvalue weighted by molar-refractivity contribution is 0.155. The number of nitrogens with two attached hydrogens (primary N) is 1. The van der Waals surface area contributed by atoms with Gasteiger partial charge in [0, 0.05) is 6.54 Å². The molecule has 0 amide bonds. The first-order valence-electron chi connectivity index (χ1n) is 3.52. The van der Waals surface area contributed by atoms with Crippen molar-refractivity contribution in [1.82, 2.24) is 0 Å². The van der Waals surface area contributed by atoms with Crippen LogP contribution >= 0.6 is 0 Å². The molecule has 1 unspecified atom stereocenters. The van der Waals surface area contributed by atoms with Gasteiger partial charge in [-0.1, -0.05) is 0 Å². The normalized spacial score (nSPS) is 23.3. The van der Waals surface area contributed by atoms with E-state index >= 15 is 0 Å². The van der Waals surface area contributed by atoms with Crippen LogP contribution in [0.5, 0.6) is 0 Å². The van der Waals surface area contributed by atoms with Crippen LogP contribution in [0.3, 0.4) is 0 Å². The summed E-state index contributed by atoms with van der Waals surface area (Å²) in [7, 11) is 0. The Morgan fingerprint density at radius 3 is 2.60 bits per heavy atom. The zero-order valence-electron chi connectivity index (χ0n) is 5.88. The minimum atomic E-state index is -0.484. The highest BCUT2D eigenvalue weighted by Gasteiger charge is 2.44. The summed E-state index contributed by atoms with van der Waals surface area (Å²) < 4.78 is 0. The third-order valence-electron chi connectivity index (χ3n) is 1.99. The van der Waals surface area contributed by atoms with E-state index in [1.54, 1.807) is 0 Å². The van der Waals surface area contributed by atoms with Crippen LogP contribution in [0.15, 0.2) is 0 Å². The van der Waals surface area contributed by atoms with Crippen molar-refractivity contribution in [2.45, 2.75) is 25.4 Å². The molecule has 1 atom stereocenters. The van der Waals surface area contributed by atoms with Crippen molar-refractivity contribution >= 4 is 0 Å². The first-order chi connectivity index (χ1) is 4.72. The molecule has 3 heteroatoms. The summed E-state index contributed by atoms with van der Waals surface area (Å²) in [5, 5.41) is 17.7. The molecule has 0 bridgehead atoms. The van der Waals surface area contributed by atoms with Crippen molar-refractivity contribution in [3.05, 3.63) is 0 Å². The van der Waals surface area contributed by atoms with Crippen LogP contribution in [0.4, 0.5) is 0 Å². The summed E-state index contributed by atoms with van der Waals surface area (Å²) in [4.78, 5) is 0. The zero-order valence-corrected chi connectivity index (χ0v) is 5.88. The Labute approximate surface area is 60.4 Å². The van der Waals surface area contributed by atoms with Crippen molar-refractivity contribution < 1.29 is 5.11 Å². The van der Waals surface area contributed by atoms with Crippen LogP contribution in [0.2, 0.25) is 0 Å². The summed E-state index contributed by atoms with van der Waals surface area (Å²) in [5.74, 6) is 0. The van der Waals surface area contributed by atoms with Gasteiger partial charge in [-0.2, -0.15) is 5.26 Å². The van der Waals surface area contributed by atoms with Crippen LogP contribution in [0.1, 0.15) is 19.3 Å². The van der Waals surface area contributed by atoms with Gasteiger partial charge in [-0.3, -0.25) is 0 Å². The summed E-state index contributed by atoms with van der Waals surface area (Å²) in [6, 6.07) is 2.20. The topological polar surface area (TPSA) is 70.0 Å². The average Bonchev–Trinajstić information content (AvgIpc) is 2.70. The minimum absolute atomic E-state index is 0.210. The summed E-state index contributed by atoms with van der Waals surface area (Å²) in [6.07, 6.45) is 1.93. The number of rotatable bonds is 3. The molecule has 0 saturated heterocycles. The summed E-state index contributed by atoms with van der Waals surface area (Å²) >= 11 is 0. The Balaban J connectivity index is 2.32. The molecule has 1 fully saturated rings. The van der Waals surface area contributed by atoms with E-state index in [2.05, 4.69) is 6.07 Å². The van der Waals surface area contributed by atoms with Gasteiger partial charge < -0.3 is 10.8 Å². The number of hydrogen-bond donors (Lipinski definition) is 2. The van der Waals surface area contributed by atoms with Gasteiger partial charge >= 0.3 is 0 Å². The van der Waals surface area contributed by atoms with E-state index in [4.69, 9.17) is 16.1 Å². The monoisotopic (exact) mass is 140 g/mol. The molecule has 1 aliphatic rings. The average molecular weight is 140 g/mol. The van der Waals surface area contributed by atoms with Crippen molar-refractivity contribution in [3.8, 4) is 6.07 Å². The first-order valence-corrected chi connectivity index (χ1v) is 3.52. The Morgan fingerprint density at radius 1 is 1.70 bits per heavy atom. The lowest BCUT2D eigenvalue weighted by Crippen LogP contribution is -2.22. The molecule has 56 valence electrons. The van der Waals surface area contributed by atoms with E-state index in [-0.39, 0.29) is 12.0 Å². The van der Waals surface area contributed by atoms with Crippen molar-refractivity contribution in [2.24, 2.45) is 11.1 Å². The number of hydrogen-bond acceptors (Lipinski definition) is 3. The van der Waals surface area contributed by atoms with Gasteiger partial charge in [0.2, 0.25) is 0 Å². The SMILES string of the molecule is N#CC1(CC(O)CN)CC1. The standard InChI is InChI=1S/C7H12N2O/c8-4-6(10)3-7(5-9)1-2-7/h6,10H,1-4,8H2. The van der Waals surface area contributed by atoms with E-state index in [0.717, 1.165) is 12.8 Å². The number of nitrogens with zero attached hydrogens (tertiary/aromatic N) is 1. The molecule has 1 rings (SSSR count). The van der Waals surface area contributed by atoms with Crippen LogP contribution in [0.25, 0.3) is 0 Å². The van der Waals surface area contributed by atoms with Gasteiger partial charge in [-0.25, -0.2) is 0 Å². The zero-order chi connectivity index (χ0) is 7.61. The molecule has 0 aromatic rings. The highest BCUT2D eigenvalue weighted by molar-refractivity contribution is 5.10. The molecule has 1 saturated carbocycles. The van der Waals surface area contributed by atoms with E-state index in [9.17, 15) is 0 Å². The second kappa shape index (κ2) is 2.57. The third kappa shape index (κ3) is 1.47. The molecule has 0 aliphatic heterocycles. The summed E-state index contributed by atoms with van der Waals surface area (Å²) in [5.41, 5.74) is 4.99. The van der Waals surface area contributed by atoms with Crippen LogP contribution in [0, 0.1) is 16.7 Å². The van der Waals surface area contributed by atoms with E-state index in [1.807, 2.05) is 0 Å². The van der Waals surface area contributed by atoms with Gasteiger partial charge in [0.25, 0.3) is 0 Å². The van der Waals surface area contributed by atoms with E-state index < -0.39 is 6.10 Å². The molecule has 1 aliphatic carbocycles. The van der Waals surface area contributed by atoms with Gasteiger partial charge in [-0.15, -0.1) is 0 Å². The molecule has 0 radical (unpaired) electrons. The summed E-state index contributed by atoms with van der Waals surface area (Å²) in [6.45, 7) is 0.267. The maximum absolute atomic E-state index is 9.09. The Bertz CT molecular complexity index is 157. The molecule has 0 aromatic heterocycles. The molecular weight excluding hydrogens is 128 g/mol. The van der Waals surface area contributed by atoms with Gasteiger partial charge in [0.05, 0.1) is 17.6 Å². The maximum Gasteiger partial charge on any atom is 0.0690 e. The van der Waals surface area contributed by atoms with Gasteiger partial charge in [0.1, 0.15) is 0 Å². The molecule has 3 nitrogen and oxygen atoms in total. The highest BCUT2D eigenvalue weighted by Crippen LogP contribution is 2.48. The van der Waals surface area contributed by atoms with Crippen LogP contribution < -0.4 is 5.73 Å². The highest BCUT2D eigenvalue weighted by atomic mass is 16.3. The second-order valence-electron chi connectivity index (χ2n) is 2.99. The maximum atomic E-state index is 9.09. The molecule has 0 spiro atoms. The van der Waals surface area contributed by atoms with Crippen molar-refractivity contribution in [1.29, 1.82) is 5.26 Å². The number of nitriles is 1. The van der Waals surface area contributed by atoms with Crippen molar-refractivity contribution in [3.63, 3.8) is 0 Å². The number of aliphatic hydroxyl groups is 1.